The van der Waals surface area contributed by atoms with Crippen LogP contribution < -0.4 is 5.19 Å². The summed E-state index contributed by atoms with van der Waals surface area (Å²) >= 11 is 1.29. The van der Waals surface area contributed by atoms with Crippen LogP contribution in [0.5, 0.6) is 0 Å². The predicted molar refractivity (Wildman–Crippen MR) is 66.8 cm³/mol. The van der Waals surface area contributed by atoms with Crippen molar-refractivity contribution in [2.24, 2.45) is 0 Å². The summed E-state index contributed by atoms with van der Waals surface area (Å²) in [5.41, 5.74) is 1.93. The van der Waals surface area contributed by atoms with Crippen molar-refractivity contribution < 1.29 is 3.87 Å². The standard InChI is InChI=1S/C11H14OSSi/c1-4-13-12-14(3,5-2)11-9-7-6-8-10-11/h4-10H,1-2H2,3H3. The summed E-state index contributed by atoms with van der Waals surface area (Å²) in [6.07, 6.45) is 0. The van der Waals surface area contributed by atoms with E-state index in [0.29, 0.717) is 0 Å². The van der Waals surface area contributed by atoms with Gasteiger partial charge in [0.1, 0.15) is 0 Å². The van der Waals surface area contributed by atoms with Gasteiger partial charge in [-0.15, -0.1) is 6.58 Å². The molecule has 3 heteroatoms. The van der Waals surface area contributed by atoms with Gasteiger partial charge in [-0.1, -0.05) is 42.6 Å². The van der Waals surface area contributed by atoms with Crippen molar-refractivity contribution in [1.29, 1.82) is 0 Å². The van der Waals surface area contributed by atoms with Crippen LogP contribution in [0.15, 0.2) is 54.6 Å². The Morgan fingerprint density at radius 1 is 1.29 bits per heavy atom. The summed E-state index contributed by atoms with van der Waals surface area (Å²) < 4.78 is 5.73. The van der Waals surface area contributed by atoms with Crippen LogP contribution in [0.2, 0.25) is 6.55 Å². The number of benzene rings is 1. The van der Waals surface area contributed by atoms with Gasteiger partial charge in [0.2, 0.25) is 0 Å². The molecule has 0 saturated heterocycles. The van der Waals surface area contributed by atoms with Gasteiger partial charge in [0.05, 0.1) is 0 Å². The summed E-state index contributed by atoms with van der Waals surface area (Å²) in [7, 11) is -1.96. The van der Waals surface area contributed by atoms with Crippen molar-refractivity contribution >= 4 is 25.5 Å². The first-order valence-corrected chi connectivity index (χ1v) is 7.66. The van der Waals surface area contributed by atoms with Crippen LogP contribution in [0, 0.1) is 0 Å². The largest absolute Gasteiger partial charge is 0.343 e. The van der Waals surface area contributed by atoms with Gasteiger partial charge in [-0.2, -0.15) is 0 Å². The second-order valence-corrected chi connectivity index (χ2v) is 7.42. The molecule has 0 aliphatic rings. The van der Waals surface area contributed by atoms with Crippen LogP contribution in [0.4, 0.5) is 0 Å². The first-order chi connectivity index (χ1) is 6.73. The number of hydrogen-bond donors (Lipinski definition) is 0. The summed E-state index contributed by atoms with van der Waals surface area (Å²) in [5, 5.41) is 2.92. The molecule has 0 fully saturated rings. The van der Waals surface area contributed by atoms with E-state index in [9.17, 15) is 0 Å². The third kappa shape index (κ3) is 2.61. The molecular formula is C11H14OSSi. The van der Waals surface area contributed by atoms with E-state index in [2.05, 4.69) is 31.8 Å². The lowest BCUT2D eigenvalue weighted by Crippen LogP contribution is -2.44. The molecule has 1 atom stereocenters. The van der Waals surface area contributed by atoms with Crippen LogP contribution >= 0.6 is 12.0 Å². The highest BCUT2D eigenvalue weighted by molar-refractivity contribution is 7.98. The second kappa shape index (κ2) is 5.19. The molecule has 0 spiro atoms. The minimum absolute atomic E-state index is 1.23. The maximum atomic E-state index is 5.73. The predicted octanol–water partition coefficient (Wildman–Crippen LogP) is 3.00. The zero-order valence-corrected chi connectivity index (χ0v) is 10.1. The Bertz CT molecular complexity index is 312. The molecule has 0 aromatic heterocycles. The van der Waals surface area contributed by atoms with Gasteiger partial charge in [0.15, 0.2) is 0 Å². The highest BCUT2D eigenvalue weighted by atomic mass is 32.2. The molecule has 1 nitrogen and oxygen atoms in total. The Morgan fingerprint density at radius 3 is 2.43 bits per heavy atom. The summed E-state index contributed by atoms with van der Waals surface area (Å²) in [6, 6.07) is 10.2. The molecule has 0 radical (unpaired) electrons. The lowest BCUT2D eigenvalue weighted by Gasteiger charge is -2.21. The van der Waals surface area contributed by atoms with E-state index < -0.39 is 8.32 Å². The molecule has 0 bridgehead atoms. The molecule has 1 aromatic rings. The van der Waals surface area contributed by atoms with Gasteiger partial charge < -0.3 is 3.87 Å². The van der Waals surface area contributed by atoms with Crippen molar-refractivity contribution in [2.45, 2.75) is 6.55 Å². The van der Waals surface area contributed by atoms with Gasteiger partial charge >= 0.3 is 0 Å². The minimum atomic E-state index is -1.96. The summed E-state index contributed by atoms with van der Waals surface area (Å²) in [4.78, 5) is 0. The van der Waals surface area contributed by atoms with Gasteiger partial charge in [0.25, 0.3) is 8.32 Å². The monoisotopic (exact) mass is 222 g/mol. The van der Waals surface area contributed by atoms with E-state index in [1.165, 1.54) is 17.2 Å². The molecule has 74 valence electrons. The van der Waals surface area contributed by atoms with Crippen molar-refractivity contribution in [2.75, 3.05) is 0 Å². The SMILES string of the molecule is C=CSO[Si](C)(C=C)c1ccccc1. The Labute approximate surface area is 90.8 Å². The highest BCUT2D eigenvalue weighted by Gasteiger charge is 2.28. The quantitative estimate of drug-likeness (QED) is 0.559. The Morgan fingerprint density at radius 2 is 1.93 bits per heavy atom. The number of rotatable bonds is 5. The van der Waals surface area contributed by atoms with Crippen LogP contribution in [0.25, 0.3) is 0 Å². The molecule has 1 rings (SSSR count). The molecule has 1 unspecified atom stereocenters. The zero-order valence-electron chi connectivity index (χ0n) is 8.27. The van der Waals surface area contributed by atoms with Crippen molar-refractivity contribution in [3.63, 3.8) is 0 Å². The fraction of sp³-hybridized carbons (Fsp3) is 0.0909. The van der Waals surface area contributed by atoms with Gasteiger partial charge in [-0.25, -0.2) is 0 Å². The molecule has 1 aromatic carbocycles. The molecule has 0 N–H and O–H groups in total. The molecule has 0 aliphatic heterocycles. The first-order valence-electron chi connectivity index (χ1n) is 4.37. The lowest BCUT2D eigenvalue weighted by molar-refractivity contribution is 0.673. The maximum absolute atomic E-state index is 5.73. The van der Waals surface area contributed by atoms with Gasteiger partial charge in [-0.3, -0.25) is 0 Å². The average molecular weight is 222 g/mol. The zero-order chi connectivity index (χ0) is 10.4. The Kier molecular flexibility index (Phi) is 4.19. The minimum Gasteiger partial charge on any atom is -0.343 e. The third-order valence-electron chi connectivity index (χ3n) is 2.03. The van der Waals surface area contributed by atoms with Crippen molar-refractivity contribution in [3.05, 3.63) is 54.6 Å². The molecule has 0 aliphatic carbocycles. The molecule has 14 heavy (non-hydrogen) atoms. The molecule has 0 amide bonds. The normalized spacial score (nSPS) is 14.4. The van der Waals surface area contributed by atoms with E-state index in [1.54, 1.807) is 5.41 Å². The highest BCUT2D eigenvalue weighted by Crippen LogP contribution is 2.16. The van der Waals surface area contributed by atoms with E-state index in [0.717, 1.165) is 0 Å². The first kappa shape index (κ1) is 11.3. The van der Waals surface area contributed by atoms with Crippen LogP contribution in [0.1, 0.15) is 0 Å². The second-order valence-electron chi connectivity index (χ2n) is 3.02. The maximum Gasteiger partial charge on any atom is 0.262 e. The van der Waals surface area contributed by atoms with Crippen LogP contribution in [-0.4, -0.2) is 8.32 Å². The van der Waals surface area contributed by atoms with Crippen molar-refractivity contribution in [1.82, 2.24) is 0 Å². The lowest BCUT2D eigenvalue weighted by atomic mass is 10.4. The van der Waals surface area contributed by atoms with E-state index in [1.807, 2.05) is 23.9 Å². The topological polar surface area (TPSA) is 9.23 Å². The molecule has 0 saturated carbocycles. The third-order valence-corrected chi connectivity index (χ3v) is 6.19. The van der Waals surface area contributed by atoms with Crippen molar-refractivity contribution in [3.8, 4) is 0 Å². The average Bonchev–Trinajstić information content (AvgIpc) is 2.27. The number of hydrogen-bond acceptors (Lipinski definition) is 2. The van der Waals surface area contributed by atoms with Crippen LogP contribution in [0.3, 0.4) is 0 Å². The Balaban J connectivity index is 2.89. The van der Waals surface area contributed by atoms with Crippen LogP contribution in [-0.2, 0) is 3.87 Å². The molecular weight excluding hydrogens is 208 g/mol. The van der Waals surface area contributed by atoms with E-state index in [4.69, 9.17) is 3.87 Å². The van der Waals surface area contributed by atoms with E-state index in [-0.39, 0.29) is 0 Å². The fourth-order valence-corrected chi connectivity index (χ4v) is 3.92. The summed E-state index contributed by atoms with van der Waals surface area (Å²) in [5.74, 6) is 0. The van der Waals surface area contributed by atoms with E-state index >= 15 is 0 Å². The van der Waals surface area contributed by atoms with Gasteiger partial charge in [0, 0.05) is 12.0 Å². The van der Waals surface area contributed by atoms with Gasteiger partial charge in [-0.05, 0) is 17.1 Å². The smallest absolute Gasteiger partial charge is 0.262 e. The summed E-state index contributed by atoms with van der Waals surface area (Å²) in [6.45, 7) is 9.59. The molecule has 0 heterocycles. The fourth-order valence-electron chi connectivity index (χ4n) is 1.10. The Hall–Kier alpha value is -0.773.